The fourth-order valence-electron chi connectivity index (χ4n) is 1.44. The monoisotopic (exact) mass is 236 g/mol. The molecule has 4 heteroatoms. The van der Waals surface area contributed by atoms with Gasteiger partial charge in [0.05, 0.1) is 12.2 Å². The van der Waals surface area contributed by atoms with Crippen LogP contribution in [0.4, 0.5) is 11.4 Å². The molecule has 0 N–H and O–H groups in total. The van der Waals surface area contributed by atoms with E-state index in [1.54, 1.807) is 6.92 Å². The molecule has 0 aromatic heterocycles. The summed E-state index contributed by atoms with van der Waals surface area (Å²) in [7, 11) is 7.79. The number of carbonyl (C=O) groups excluding carboxylic acids is 1. The second-order valence-corrected chi connectivity index (χ2v) is 4.25. The van der Waals surface area contributed by atoms with Crippen molar-refractivity contribution in [1.82, 2.24) is 0 Å². The van der Waals surface area contributed by atoms with Gasteiger partial charge in [0.2, 0.25) is 0 Å². The summed E-state index contributed by atoms with van der Waals surface area (Å²) >= 11 is 0. The van der Waals surface area contributed by atoms with E-state index in [1.165, 1.54) is 0 Å². The molecule has 1 aromatic carbocycles. The van der Waals surface area contributed by atoms with Crippen LogP contribution in [0.5, 0.6) is 0 Å². The van der Waals surface area contributed by atoms with E-state index < -0.39 is 0 Å². The van der Waals surface area contributed by atoms with Crippen molar-refractivity contribution in [3.63, 3.8) is 0 Å². The molecule has 0 atom stereocenters. The molecule has 0 heterocycles. The van der Waals surface area contributed by atoms with Crippen LogP contribution in [-0.2, 0) is 4.74 Å². The third-order valence-corrected chi connectivity index (χ3v) is 2.45. The summed E-state index contributed by atoms with van der Waals surface area (Å²) in [6, 6.07) is 5.71. The molecular weight excluding hydrogens is 216 g/mol. The predicted molar refractivity (Wildman–Crippen MR) is 71.1 cm³/mol. The van der Waals surface area contributed by atoms with Crippen LogP contribution in [0.2, 0.25) is 0 Å². The van der Waals surface area contributed by atoms with E-state index >= 15 is 0 Å². The molecule has 17 heavy (non-hydrogen) atoms. The van der Waals surface area contributed by atoms with Gasteiger partial charge in [-0.2, -0.15) is 0 Å². The Kier molecular flexibility index (Phi) is 4.37. The van der Waals surface area contributed by atoms with Gasteiger partial charge in [-0.25, -0.2) is 4.79 Å². The Morgan fingerprint density at radius 3 is 1.88 bits per heavy atom. The van der Waals surface area contributed by atoms with Crippen molar-refractivity contribution in [3.05, 3.63) is 23.8 Å². The zero-order valence-electron chi connectivity index (χ0n) is 11.2. The van der Waals surface area contributed by atoms with E-state index in [0.717, 1.165) is 11.4 Å². The molecule has 4 nitrogen and oxygen atoms in total. The summed E-state index contributed by atoms with van der Waals surface area (Å²) in [5.74, 6) is -0.278. The zero-order chi connectivity index (χ0) is 13.0. The molecule has 1 aromatic rings. The maximum atomic E-state index is 11.7. The zero-order valence-corrected chi connectivity index (χ0v) is 11.2. The van der Waals surface area contributed by atoms with Crippen LogP contribution in [0, 0.1) is 0 Å². The predicted octanol–water partition coefficient (Wildman–Crippen LogP) is 2.00. The average molecular weight is 236 g/mol. The van der Waals surface area contributed by atoms with Crippen LogP contribution in [0.1, 0.15) is 17.3 Å². The summed E-state index contributed by atoms with van der Waals surface area (Å²) in [5, 5.41) is 0. The van der Waals surface area contributed by atoms with Crippen LogP contribution in [-0.4, -0.2) is 40.8 Å². The number of benzene rings is 1. The molecule has 0 unspecified atom stereocenters. The number of esters is 1. The van der Waals surface area contributed by atoms with E-state index in [4.69, 9.17) is 4.74 Å². The highest BCUT2D eigenvalue weighted by Crippen LogP contribution is 2.23. The highest BCUT2D eigenvalue weighted by atomic mass is 16.5. The van der Waals surface area contributed by atoms with Crippen molar-refractivity contribution >= 4 is 17.3 Å². The van der Waals surface area contributed by atoms with E-state index in [9.17, 15) is 4.79 Å². The van der Waals surface area contributed by atoms with Gasteiger partial charge in [-0.05, 0) is 25.1 Å². The number of hydrogen-bond donors (Lipinski definition) is 0. The third-order valence-electron chi connectivity index (χ3n) is 2.45. The molecule has 0 aliphatic heterocycles. The molecule has 0 fully saturated rings. The number of ether oxygens (including phenoxy) is 1. The molecule has 94 valence electrons. The fourth-order valence-corrected chi connectivity index (χ4v) is 1.44. The summed E-state index contributed by atoms with van der Waals surface area (Å²) < 4.78 is 5.02. The molecule has 1 rings (SSSR count). The Hall–Kier alpha value is -1.71. The first kappa shape index (κ1) is 13.4. The average Bonchev–Trinajstić information content (AvgIpc) is 2.28. The lowest BCUT2D eigenvalue weighted by molar-refractivity contribution is 0.0526. The molecule has 0 saturated heterocycles. The number of nitrogens with zero attached hydrogens (tertiary/aromatic N) is 2. The molecule has 0 saturated carbocycles. The van der Waals surface area contributed by atoms with Gasteiger partial charge in [0.15, 0.2) is 0 Å². The van der Waals surface area contributed by atoms with E-state index in [-0.39, 0.29) is 5.97 Å². The Balaban J connectivity index is 3.16. The fraction of sp³-hybridized carbons (Fsp3) is 0.462. The second-order valence-electron chi connectivity index (χ2n) is 4.25. The number of carbonyl (C=O) groups is 1. The largest absolute Gasteiger partial charge is 0.462 e. The highest BCUT2D eigenvalue weighted by molar-refractivity contribution is 5.92. The first-order valence-corrected chi connectivity index (χ1v) is 5.62. The van der Waals surface area contributed by atoms with Gasteiger partial charge in [-0.3, -0.25) is 0 Å². The Bertz CT molecular complexity index is 374. The first-order chi connectivity index (χ1) is 7.95. The Morgan fingerprint density at radius 1 is 1.06 bits per heavy atom. The van der Waals surface area contributed by atoms with Crippen LogP contribution >= 0.6 is 0 Å². The minimum absolute atomic E-state index is 0.278. The summed E-state index contributed by atoms with van der Waals surface area (Å²) in [6.07, 6.45) is 0. The van der Waals surface area contributed by atoms with Crippen molar-refractivity contribution in [2.75, 3.05) is 44.6 Å². The quantitative estimate of drug-likeness (QED) is 0.749. The molecule has 0 amide bonds. The standard InChI is InChI=1S/C13H20N2O2/c1-6-17-13(16)10-7-11(14(2)3)9-12(8-10)15(4)5/h7-9H,6H2,1-5H3. The number of hydrogen-bond acceptors (Lipinski definition) is 4. The minimum Gasteiger partial charge on any atom is -0.462 e. The van der Waals surface area contributed by atoms with E-state index in [2.05, 4.69) is 0 Å². The van der Waals surface area contributed by atoms with Gasteiger partial charge in [0, 0.05) is 39.6 Å². The lowest BCUT2D eigenvalue weighted by Crippen LogP contribution is -2.15. The van der Waals surface area contributed by atoms with Crippen LogP contribution in [0.15, 0.2) is 18.2 Å². The maximum Gasteiger partial charge on any atom is 0.338 e. The minimum atomic E-state index is -0.278. The van der Waals surface area contributed by atoms with E-state index in [0.29, 0.717) is 12.2 Å². The lowest BCUT2D eigenvalue weighted by Gasteiger charge is -2.19. The SMILES string of the molecule is CCOC(=O)c1cc(N(C)C)cc(N(C)C)c1. The smallest absolute Gasteiger partial charge is 0.338 e. The number of rotatable bonds is 4. The van der Waals surface area contributed by atoms with Crippen LogP contribution in [0.3, 0.4) is 0 Å². The molecular formula is C13H20N2O2. The number of anilines is 2. The molecule has 0 radical (unpaired) electrons. The van der Waals surface area contributed by atoms with Crippen molar-refractivity contribution < 1.29 is 9.53 Å². The third kappa shape index (κ3) is 3.37. The maximum absolute atomic E-state index is 11.7. The molecule has 0 bridgehead atoms. The van der Waals surface area contributed by atoms with Gasteiger partial charge in [0.1, 0.15) is 0 Å². The van der Waals surface area contributed by atoms with Crippen molar-refractivity contribution in [2.45, 2.75) is 6.92 Å². The van der Waals surface area contributed by atoms with Gasteiger partial charge in [0.25, 0.3) is 0 Å². The summed E-state index contributed by atoms with van der Waals surface area (Å²) in [5.41, 5.74) is 2.56. The van der Waals surface area contributed by atoms with Crippen molar-refractivity contribution in [3.8, 4) is 0 Å². The normalized spacial score (nSPS) is 9.94. The van der Waals surface area contributed by atoms with Gasteiger partial charge in [-0.1, -0.05) is 0 Å². The van der Waals surface area contributed by atoms with Crippen molar-refractivity contribution in [2.24, 2.45) is 0 Å². The highest BCUT2D eigenvalue weighted by Gasteiger charge is 2.11. The van der Waals surface area contributed by atoms with E-state index in [1.807, 2.05) is 56.2 Å². The lowest BCUT2D eigenvalue weighted by atomic mass is 10.1. The van der Waals surface area contributed by atoms with Gasteiger partial charge in [-0.15, -0.1) is 0 Å². The first-order valence-electron chi connectivity index (χ1n) is 5.62. The topological polar surface area (TPSA) is 32.8 Å². The van der Waals surface area contributed by atoms with Gasteiger partial charge >= 0.3 is 5.97 Å². The second kappa shape index (κ2) is 5.57. The summed E-state index contributed by atoms with van der Waals surface area (Å²) in [4.78, 5) is 15.7. The van der Waals surface area contributed by atoms with Crippen molar-refractivity contribution in [1.29, 1.82) is 0 Å². The molecule has 0 aliphatic rings. The summed E-state index contributed by atoms with van der Waals surface area (Å²) in [6.45, 7) is 2.20. The molecule has 0 aliphatic carbocycles. The van der Waals surface area contributed by atoms with Crippen LogP contribution in [0.25, 0.3) is 0 Å². The Morgan fingerprint density at radius 2 is 1.53 bits per heavy atom. The molecule has 0 spiro atoms. The van der Waals surface area contributed by atoms with Crippen LogP contribution < -0.4 is 9.80 Å². The van der Waals surface area contributed by atoms with Gasteiger partial charge < -0.3 is 14.5 Å². The Labute approximate surface area is 103 Å².